The SMILES string of the molecule is [Dy+3].[OH+]=c1cccccc1[OH2+].[OH+]=c1cccccc1[OH2+].[OH+]=c1cccccc1[OH2+]. The molecule has 0 aliphatic heterocycles. The normalized spacial score (nSPS) is 8.57. The summed E-state index contributed by atoms with van der Waals surface area (Å²) in [6.07, 6.45) is 0. The molecular weight excluding hydrogens is 511 g/mol. The summed E-state index contributed by atoms with van der Waals surface area (Å²) in [7, 11) is 0. The maximum atomic E-state index is 8.89. The fourth-order valence-electron chi connectivity index (χ4n) is 1.61. The van der Waals surface area contributed by atoms with Crippen LogP contribution in [-0.4, -0.2) is 29.7 Å². The van der Waals surface area contributed by atoms with Crippen LogP contribution >= 0.6 is 0 Å². The molecule has 0 unspecified atom stereocenters. The Morgan fingerprint density at radius 3 is 0.857 bits per heavy atom. The Hall–Kier alpha value is -2.66. The largest absolute Gasteiger partial charge is 3.00 e. The third kappa shape index (κ3) is 10.5. The zero-order valence-corrected chi connectivity index (χ0v) is 16.8. The average molecular weight is 535 g/mol. The van der Waals surface area contributed by atoms with E-state index in [-0.39, 0.29) is 71.7 Å². The standard InChI is InChI=1S/3C7H6O2.Dy/c3*8-6-4-2-1-3-5-7(6)9;/h3*1-5H,(H,8,9);/q;;;+3/p+6. The molecule has 0 aliphatic rings. The second-order valence-electron chi connectivity index (χ2n) is 5.13. The van der Waals surface area contributed by atoms with Gasteiger partial charge in [-0.25, -0.2) is 0 Å². The van der Waals surface area contributed by atoms with E-state index in [0.29, 0.717) is 0 Å². The van der Waals surface area contributed by atoms with Crippen LogP contribution in [0.2, 0.25) is 0 Å². The summed E-state index contributed by atoms with van der Waals surface area (Å²) in [6.45, 7) is 0. The fraction of sp³-hybridized carbons (Fsp3) is 0. The third-order valence-electron chi connectivity index (χ3n) is 3.05. The van der Waals surface area contributed by atoms with Crippen molar-refractivity contribution in [2.24, 2.45) is 0 Å². The van der Waals surface area contributed by atoms with Gasteiger partial charge in [0.25, 0.3) is 0 Å². The molecule has 0 saturated heterocycles. The average Bonchev–Trinajstić information content (AvgIpc) is 3.04. The summed E-state index contributed by atoms with van der Waals surface area (Å²) in [5.41, 5.74) is 0.0417. The van der Waals surface area contributed by atoms with Crippen LogP contribution in [0.15, 0.2) is 91.0 Å². The molecule has 0 fully saturated rings. The Morgan fingerprint density at radius 1 is 0.393 bits per heavy atom. The van der Waals surface area contributed by atoms with Gasteiger partial charge in [0.2, 0.25) is 0 Å². The Labute approximate surface area is 191 Å². The van der Waals surface area contributed by atoms with Gasteiger partial charge in [0, 0.05) is 18.2 Å². The van der Waals surface area contributed by atoms with E-state index in [1.54, 1.807) is 54.6 Å². The summed E-state index contributed by atoms with van der Waals surface area (Å²) in [4.78, 5) is 26.7. The molecule has 0 bridgehead atoms. The summed E-state index contributed by atoms with van der Waals surface area (Å²) in [6, 6.07) is 24.6. The molecule has 3 aromatic carbocycles. The predicted octanol–water partition coefficient (Wildman–Crippen LogP) is 0.387. The van der Waals surface area contributed by atoms with Gasteiger partial charge in [-0.2, -0.15) is 0 Å². The maximum Gasteiger partial charge on any atom is 3.00 e. The minimum absolute atomic E-state index is 0. The molecule has 0 amide bonds. The van der Waals surface area contributed by atoms with Crippen LogP contribution in [0.25, 0.3) is 0 Å². The van der Waals surface area contributed by atoms with Crippen molar-refractivity contribution >= 4 is 0 Å². The third-order valence-corrected chi connectivity index (χ3v) is 3.05. The molecule has 1 radical (unpaired) electrons. The van der Waals surface area contributed by atoms with Gasteiger partial charge in [-0.1, -0.05) is 54.6 Å². The van der Waals surface area contributed by atoms with Crippen molar-refractivity contribution < 1.29 is 67.9 Å². The van der Waals surface area contributed by atoms with Crippen LogP contribution in [-0.2, 0) is 0 Å². The van der Waals surface area contributed by atoms with Gasteiger partial charge in [0.15, 0.2) is 0 Å². The van der Waals surface area contributed by atoms with E-state index in [2.05, 4.69) is 0 Å². The fourth-order valence-corrected chi connectivity index (χ4v) is 1.61. The van der Waals surface area contributed by atoms with Crippen LogP contribution in [0.5, 0.6) is 17.2 Å². The van der Waals surface area contributed by atoms with E-state index in [1.807, 2.05) is 0 Å². The van der Waals surface area contributed by atoms with Crippen LogP contribution < -0.4 is 16.3 Å². The van der Waals surface area contributed by atoms with Gasteiger partial charge in [0.05, 0.1) is 18.2 Å². The van der Waals surface area contributed by atoms with Crippen molar-refractivity contribution in [2.75, 3.05) is 0 Å². The minimum atomic E-state index is 0. The second-order valence-corrected chi connectivity index (χ2v) is 5.13. The van der Waals surface area contributed by atoms with Crippen molar-refractivity contribution in [1.29, 1.82) is 0 Å². The summed E-state index contributed by atoms with van der Waals surface area (Å²) < 4.78 is 0. The van der Waals surface area contributed by atoms with Crippen LogP contribution in [0, 0.1) is 38.2 Å². The van der Waals surface area contributed by atoms with Gasteiger partial charge in [0.1, 0.15) is 0 Å². The van der Waals surface area contributed by atoms with Crippen LogP contribution in [0.4, 0.5) is 0 Å². The Balaban J connectivity index is 0.000000384. The van der Waals surface area contributed by atoms with Crippen molar-refractivity contribution in [2.45, 2.75) is 0 Å². The van der Waals surface area contributed by atoms with E-state index in [0.717, 1.165) is 0 Å². The van der Waals surface area contributed by atoms with Gasteiger partial charge >= 0.3 is 71.7 Å². The van der Waals surface area contributed by atoms with Crippen LogP contribution in [0.1, 0.15) is 0 Å². The molecule has 7 heteroatoms. The molecule has 0 spiro atoms. The van der Waals surface area contributed by atoms with E-state index in [4.69, 9.17) is 29.7 Å². The maximum absolute atomic E-state index is 8.89. The molecule has 0 atom stereocenters. The zero-order valence-electron chi connectivity index (χ0n) is 14.8. The second kappa shape index (κ2) is 14.4. The molecule has 6 nitrogen and oxygen atoms in total. The first-order valence-corrected chi connectivity index (χ1v) is 7.90. The summed E-state index contributed by atoms with van der Waals surface area (Å²) in [5, 5.41) is 21.3. The Bertz CT molecular complexity index is 906. The van der Waals surface area contributed by atoms with Crippen molar-refractivity contribution in [3.8, 4) is 17.2 Å². The first-order chi connectivity index (χ1) is 12.9. The van der Waals surface area contributed by atoms with Crippen molar-refractivity contribution in [1.82, 2.24) is 0 Å². The van der Waals surface area contributed by atoms with E-state index in [1.165, 1.54) is 36.4 Å². The monoisotopic (exact) mass is 536 g/mol. The minimum Gasteiger partial charge on any atom is -0.587 e. The van der Waals surface area contributed by atoms with Gasteiger partial charge < -0.3 is 15.3 Å². The molecule has 0 aliphatic carbocycles. The van der Waals surface area contributed by atoms with Crippen LogP contribution in [0.3, 0.4) is 0 Å². The molecule has 0 aromatic heterocycles. The molecule has 0 heterocycles. The Morgan fingerprint density at radius 2 is 0.607 bits per heavy atom. The van der Waals surface area contributed by atoms with Gasteiger partial charge in [-0.3, -0.25) is 14.4 Å². The topological polar surface area (TPSA) is 133 Å². The van der Waals surface area contributed by atoms with Crippen molar-refractivity contribution in [3.05, 3.63) is 107 Å². The molecule has 3 rings (SSSR count). The molecule has 9 N–H and O–H groups in total. The smallest absolute Gasteiger partial charge is 0.587 e. The summed E-state index contributed by atoms with van der Waals surface area (Å²) in [5.74, 6) is 0.458. The molecule has 0 saturated carbocycles. The molecular formula is C21H24DyO6+9. The zero-order chi connectivity index (χ0) is 20.1. The number of rotatable bonds is 0. The molecule has 145 valence electrons. The first-order valence-electron chi connectivity index (χ1n) is 7.90. The van der Waals surface area contributed by atoms with E-state index in [9.17, 15) is 0 Å². The predicted molar refractivity (Wildman–Crippen MR) is 104 cm³/mol. The van der Waals surface area contributed by atoms with E-state index < -0.39 is 0 Å². The molecule has 3 aromatic rings. The number of hydrogen-bond donors (Lipinski definition) is 0. The van der Waals surface area contributed by atoms with Gasteiger partial charge in [-0.15, -0.1) is 0 Å². The van der Waals surface area contributed by atoms with Crippen molar-refractivity contribution in [3.63, 3.8) is 0 Å². The first kappa shape index (κ1) is 25.3. The summed E-state index contributed by atoms with van der Waals surface area (Å²) >= 11 is 0. The number of hydrogen-bond acceptors (Lipinski definition) is 0. The van der Waals surface area contributed by atoms with E-state index >= 15 is 0 Å². The molecule has 28 heavy (non-hydrogen) atoms. The Kier molecular flexibility index (Phi) is 13.0. The van der Waals surface area contributed by atoms with Gasteiger partial charge in [-0.05, 0) is 0 Å². The quantitative estimate of drug-likeness (QED) is 0.369.